The number of ether oxygens (including phenoxy) is 2. The highest BCUT2D eigenvalue weighted by molar-refractivity contribution is 5.70. The highest BCUT2D eigenvalue weighted by Crippen LogP contribution is 2.57. The van der Waals surface area contributed by atoms with E-state index in [1.165, 1.54) is 26.2 Å². The van der Waals surface area contributed by atoms with Crippen molar-refractivity contribution < 1.29 is 19.1 Å². The molecule has 6 atom stereocenters. The lowest BCUT2D eigenvalue weighted by atomic mass is 9.69. The van der Waals surface area contributed by atoms with Crippen LogP contribution < -0.4 is 5.32 Å². The van der Waals surface area contributed by atoms with Crippen LogP contribution in [0.3, 0.4) is 0 Å². The number of carbonyl (C=O) groups is 2. The van der Waals surface area contributed by atoms with Gasteiger partial charge in [-0.2, -0.15) is 0 Å². The molecule has 0 radical (unpaired) electrons. The summed E-state index contributed by atoms with van der Waals surface area (Å²) in [5.74, 6) is 2.35. The van der Waals surface area contributed by atoms with Crippen LogP contribution in [0.2, 0.25) is 0 Å². The zero-order valence-electron chi connectivity index (χ0n) is 13.8. The Hall–Kier alpha value is -1.52. The van der Waals surface area contributed by atoms with Gasteiger partial charge in [0.25, 0.3) is 0 Å². The van der Waals surface area contributed by atoms with Gasteiger partial charge in [-0.3, -0.25) is 9.59 Å². The van der Waals surface area contributed by atoms with Crippen molar-refractivity contribution in [3.8, 4) is 0 Å². The van der Waals surface area contributed by atoms with Crippen LogP contribution in [0.4, 0.5) is 0 Å². The number of carbonyl (C=O) groups excluding carboxylic acids is 2. The quantitative estimate of drug-likeness (QED) is 0.601. The fourth-order valence-corrected chi connectivity index (χ4v) is 5.07. The van der Waals surface area contributed by atoms with E-state index in [0.29, 0.717) is 24.8 Å². The van der Waals surface area contributed by atoms with Crippen molar-refractivity contribution in [3.63, 3.8) is 0 Å². The molecular formula is C18H27NO4. The normalized spacial score (nSPS) is 37.8. The second-order valence-corrected chi connectivity index (χ2v) is 7.22. The fourth-order valence-electron chi connectivity index (χ4n) is 5.07. The molecule has 3 aliphatic rings. The Morgan fingerprint density at radius 2 is 1.70 bits per heavy atom. The van der Waals surface area contributed by atoms with Gasteiger partial charge in [-0.05, 0) is 62.0 Å². The van der Waals surface area contributed by atoms with E-state index in [4.69, 9.17) is 9.47 Å². The molecule has 23 heavy (non-hydrogen) atoms. The van der Waals surface area contributed by atoms with E-state index in [0.717, 1.165) is 24.7 Å². The molecule has 0 saturated heterocycles. The van der Waals surface area contributed by atoms with E-state index in [2.05, 4.69) is 11.9 Å². The second-order valence-electron chi connectivity index (χ2n) is 7.22. The van der Waals surface area contributed by atoms with E-state index >= 15 is 0 Å². The molecule has 0 spiro atoms. The summed E-state index contributed by atoms with van der Waals surface area (Å²) >= 11 is 0. The molecule has 3 aliphatic carbocycles. The van der Waals surface area contributed by atoms with Gasteiger partial charge in [0.15, 0.2) is 0 Å². The largest absolute Gasteiger partial charge is 0.459 e. The third-order valence-corrected chi connectivity index (χ3v) is 5.92. The number of hydrogen-bond donors (Lipinski definition) is 1. The van der Waals surface area contributed by atoms with Gasteiger partial charge < -0.3 is 14.8 Å². The third kappa shape index (κ3) is 3.54. The summed E-state index contributed by atoms with van der Waals surface area (Å²) < 4.78 is 11.2. The molecule has 5 nitrogen and oxygen atoms in total. The van der Waals surface area contributed by atoms with Crippen LogP contribution in [-0.4, -0.2) is 30.7 Å². The molecule has 0 heterocycles. The molecule has 5 heteroatoms. The van der Waals surface area contributed by atoms with E-state index in [1.807, 2.05) is 0 Å². The van der Waals surface area contributed by atoms with Crippen molar-refractivity contribution in [1.82, 2.24) is 5.32 Å². The van der Waals surface area contributed by atoms with E-state index in [9.17, 15) is 9.59 Å². The van der Waals surface area contributed by atoms with Crippen molar-refractivity contribution >= 4 is 11.9 Å². The van der Waals surface area contributed by atoms with Crippen LogP contribution >= 0.6 is 0 Å². The smallest absolute Gasteiger partial charge is 0.307 e. The lowest BCUT2D eigenvalue weighted by Gasteiger charge is -2.42. The molecular weight excluding hydrogens is 294 g/mol. The number of nitrogens with one attached hydrogen (secondary N) is 1. The Morgan fingerprint density at radius 3 is 2.26 bits per heavy atom. The minimum Gasteiger partial charge on any atom is -0.459 e. The molecule has 6 unspecified atom stereocenters. The van der Waals surface area contributed by atoms with Crippen molar-refractivity contribution in [2.75, 3.05) is 6.54 Å². The molecule has 3 fully saturated rings. The maximum absolute atomic E-state index is 12.0. The molecule has 0 aromatic rings. The monoisotopic (exact) mass is 321 g/mol. The number of rotatable bonds is 6. The molecule has 2 bridgehead atoms. The van der Waals surface area contributed by atoms with Crippen molar-refractivity contribution in [2.24, 2.45) is 23.7 Å². The highest BCUT2D eigenvalue weighted by Gasteiger charge is 2.53. The number of fused-ring (bicyclic) bond motifs is 5. The lowest BCUT2D eigenvalue weighted by Crippen LogP contribution is -2.45. The minimum atomic E-state index is -0.286. The maximum atomic E-state index is 12.0. The van der Waals surface area contributed by atoms with E-state index in [1.54, 1.807) is 6.20 Å². The Bertz CT molecular complexity index is 478. The molecule has 128 valence electrons. The minimum absolute atomic E-state index is 0.233. The van der Waals surface area contributed by atoms with Crippen LogP contribution in [0.15, 0.2) is 12.8 Å². The Kier molecular flexibility index (Phi) is 4.93. The molecule has 3 saturated carbocycles. The average molecular weight is 321 g/mol. The van der Waals surface area contributed by atoms with Crippen molar-refractivity contribution in [3.05, 3.63) is 12.8 Å². The van der Waals surface area contributed by atoms with Gasteiger partial charge >= 0.3 is 11.9 Å². The van der Waals surface area contributed by atoms with Gasteiger partial charge in [-0.15, -0.1) is 0 Å². The summed E-state index contributed by atoms with van der Waals surface area (Å²) in [5, 5.41) is 2.90. The number of hydrogen-bond acceptors (Lipinski definition) is 5. The van der Waals surface area contributed by atoms with E-state index in [-0.39, 0.29) is 24.1 Å². The first-order chi connectivity index (χ1) is 11.1. The molecule has 1 N–H and O–H groups in total. The first kappa shape index (κ1) is 16.3. The van der Waals surface area contributed by atoms with Gasteiger partial charge in [-0.25, -0.2) is 0 Å². The van der Waals surface area contributed by atoms with Crippen LogP contribution in [0.25, 0.3) is 0 Å². The summed E-state index contributed by atoms with van der Waals surface area (Å²) in [6, 6.07) is 0. The summed E-state index contributed by atoms with van der Waals surface area (Å²) in [5.41, 5.74) is 0. The standard InChI is InChI=1S/C18H27NO4/c1-3-19-7-6-18(21)23-17-10-15-13-5-4-12(8-13)14(15)9-16(17)22-11(2)20/h3,12-17,19H,1,4-10H2,2H3. The van der Waals surface area contributed by atoms with Crippen LogP contribution in [0, 0.1) is 23.7 Å². The molecule has 0 aromatic heterocycles. The Labute approximate surface area is 137 Å². The predicted octanol–water partition coefficient (Wildman–Crippen LogP) is 2.41. The van der Waals surface area contributed by atoms with Crippen molar-refractivity contribution in [1.29, 1.82) is 0 Å². The zero-order valence-corrected chi connectivity index (χ0v) is 13.8. The Balaban J connectivity index is 1.62. The van der Waals surface area contributed by atoms with E-state index < -0.39 is 0 Å². The first-order valence-corrected chi connectivity index (χ1v) is 8.79. The van der Waals surface area contributed by atoms with Crippen LogP contribution in [-0.2, 0) is 19.1 Å². The van der Waals surface area contributed by atoms with Crippen LogP contribution in [0.5, 0.6) is 0 Å². The summed E-state index contributed by atoms with van der Waals surface area (Å²) in [6.45, 7) is 5.50. The highest BCUT2D eigenvalue weighted by atomic mass is 16.6. The summed E-state index contributed by atoms with van der Waals surface area (Å²) in [6.07, 6.45) is 6.96. The lowest BCUT2D eigenvalue weighted by molar-refractivity contribution is -0.176. The molecule has 0 aromatic carbocycles. The second kappa shape index (κ2) is 6.93. The van der Waals surface area contributed by atoms with Crippen LogP contribution in [0.1, 0.15) is 45.4 Å². The molecule has 0 amide bonds. The van der Waals surface area contributed by atoms with Gasteiger partial charge in [-0.1, -0.05) is 6.58 Å². The topological polar surface area (TPSA) is 64.6 Å². The third-order valence-electron chi connectivity index (χ3n) is 5.92. The predicted molar refractivity (Wildman–Crippen MR) is 85.3 cm³/mol. The summed E-state index contributed by atoms with van der Waals surface area (Å²) in [4.78, 5) is 23.5. The maximum Gasteiger partial charge on any atom is 0.307 e. The average Bonchev–Trinajstić information content (AvgIpc) is 3.09. The molecule has 0 aliphatic heterocycles. The molecule has 3 rings (SSSR count). The fraction of sp³-hybridized carbons (Fsp3) is 0.778. The zero-order chi connectivity index (χ0) is 16.4. The van der Waals surface area contributed by atoms with Gasteiger partial charge in [0, 0.05) is 13.5 Å². The van der Waals surface area contributed by atoms with Gasteiger partial charge in [0.1, 0.15) is 12.2 Å². The van der Waals surface area contributed by atoms with Gasteiger partial charge in [0.2, 0.25) is 0 Å². The Morgan fingerprint density at radius 1 is 1.09 bits per heavy atom. The first-order valence-electron chi connectivity index (χ1n) is 8.79. The van der Waals surface area contributed by atoms with Crippen molar-refractivity contribution in [2.45, 2.75) is 57.7 Å². The van der Waals surface area contributed by atoms with Gasteiger partial charge in [0.05, 0.1) is 6.42 Å². The summed E-state index contributed by atoms with van der Waals surface area (Å²) in [7, 11) is 0. The number of esters is 2. The SMILES string of the molecule is C=CNCCC(=O)OC1CC2C3CCC(C3)C2CC1OC(C)=O.